The minimum Gasteiger partial charge on any atom is -0.452 e. The first-order valence-corrected chi connectivity index (χ1v) is 34.4. The van der Waals surface area contributed by atoms with Gasteiger partial charge in [0, 0.05) is 50.0 Å². The largest absolute Gasteiger partial charge is 0.452 e. The van der Waals surface area contributed by atoms with Crippen LogP contribution in [0.4, 0.5) is 34.1 Å². The van der Waals surface area contributed by atoms with E-state index in [0.29, 0.717) is 50.7 Å². The van der Waals surface area contributed by atoms with Gasteiger partial charge >= 0.3 is 0 Å². The minimum atomic E-state index is -0.606. The first-order valence-electron chi connectivity index (χ1n) is 39.4. The summed E-state index contributed by atoms with van der Waals surface area (Å²) in [5.41, 5.74) is 21.4. The predicted octanol–water partition coefficient (Wildman–Crippen LogP) is 24.3. The number of para-hydroxylation sites is 2. The number of benzene rings is 13. The third kappa shape index (κ3) is 10.5. The first-order chi connectivity index (χ1) is 51.7. The third-order valence-corrected chi connectivity index (χ3v) is 20.5. The molecule has 0 spiro atoms. The Morgan fingerprint density at radius 1 is 0.293 bits per heavy atom. The Bertz CT molecular complexity index is 6150. The lowest BCUT2D eigenvalue weighted by atomic mass is 9.33. The summed E-state index contributed by atoms with van der Waals surface area (Å²) < 4.78 is 103. The van der Waals surface area contributed by atoms with Crippen molar-refractivity contribution in [2.45, 2.75) is 105 Å². The van der Waals surface area contributed by atoms with E-state index in [1.54, 1.807) is 0 Å². The molecule has 15 aromatic rings. The molecular weight excluding hydrogens is 1200 g/mol. The first kappa shape index (κ1) is 51.4. The molecule has 0 amide bonds. The van der Waals surface area contributed by atoms with Gasteiger partial charge in [0.15, 0.2) is 11.2 Å². The summed E-state index contributed by atoms with van der Waals surface area (Å²) in [7, 11) is 0. The van der Waals surface area contributed by atoms with Gasteiger partial charge in [-0.25, -0.2) is 0 Å². The van der Waals surface area contributed by atoms with Gasteiger partial charge in [0.25, 0.3) is 6.71 Å². The van der Waals surface area contributed by atoms with Gasteiger partial charge in [-0.3, -0.25) is 0 Å². The maximum absolute atomic E-state index is 9.89. The lowest BCUT2D eigenvalue weighted by Crippen LogP contribution is -2.61. The van der Waals surface area contributed by atoms with Crippen molar-refractivity contribution < 1.29 is 18.1 Å². The van der Waals surface area contributed by atoms with Crippen LogP contribution in [0.1, 0.15) is 119 Å². The van der Waals surface area contributed by atoms with Gasteiger partial charge in [-0.1, -0.05) is 283 Å². The number of fused-ring (bicyclic) bond motifs is 10. The maximum atomic E-state index is 9.89. The summed E-state index contributed by atoms with van der Waals surface area (Å²) in [6.45, 7) is 26.4. The van der Waals surface area contributed by atoms with Crippen molar-refractivity contribution in [3.8, 4) is 61.3 Å². The van der Waals surface area contributed by atoms with Gasteiger partial charge in [0.05, 0.1) is 36.1 Å². The Balaban J connectivity index is 1.02. The van der Waals surface area contributed by atoms with E-state index in [2.05, 4.69) is 249 Å². The van der Waals surface area contributed by atoms with Crippen LogP contribution in [0.25, 0.3) is 105 Å². The molecule has 99 heavy (non-hydrogen) atoms. The summed E-state index contributed by atoms with van der Waals surface area (Å²) >= 11 is 0. The molecule has 2 aromatic heterocycles. The van der Waals surface area contributed by atoms with Crippen molar-refractivity contribution in [1.82, 2.24) is 4.57 Å². The summed E-state index contributed by atoms with van der Waals surface area (Å²) in [6.07, 6.45) is 0. The molecule has 0 bridgehead atoms. The molecule has 482 valence electrons. The molecule has 0 N–H and O–H groups in total. The molecule has 0 fully saturated rings. The van der Waals surface area contributed by atoms with E-state index < -0.39 is 43.0 Å². The van der Waals surface area contributed by atoms with Crippen LogP contribution < -0.4 is 26.2 Å². The third-order valence-electron chi connectivity index (χ3n) is 20.5. The predicted molar refractivity (Wildman–Crippen MR) is 424 cm³/mol. The van der Waals surface area contributed by atoms with E-state index in [9.17, 15) is 8.22 Å². The van der Waals surface area contributed by atoms with Crippen LogP contribution in [0.2, 0.25) is 0 Å². The molecule has 4 nitrogen and oxygen atoms in total. The highest BCUT2D eigenvalue weighted by Gasteiger charge is 2.45. The molecular formula is C94H82BN3O. The van der Waals surface area contributed by atoms with Crippen molar-refractivity contribution in [3.63, 3.8) is 0 Å². The minimum absolute atomic E-state index is 0.00144. The quantitative estimate of drug-likeness (QED) is 0.142. The number of furan rings is 1. The monoisotopic (exact) mass is 1290 g/mol. The van der Waals surface area contributed by atoms with Crippen molar-refractivity contribution >= 4 is 101 Å². The molecule has 0 saturated heterocycles. The number of anilines is 6. The zero-order chi connectivity index (χ0) is 76.7. The van der Waals surface area contributed by atoms with Crippen LogP contribution in [0, 0.1) is 0 Å². The van der Waals surface area contributed by atoms with Crippen molar-refractivity contribution in [1.29, 1.82) is 0 Å². The fourth-order valence-corrected chi connectivity index (χ4v) is 15.1. The standard InChI is InChI=1S/C94H82BN3O/c1-91(2,3)69-41-45-80-76(57-69)77-58-70(92(4,5)6)42-46-81(77)97(80)82-37-25-35-74-75-36-26-38-83(90(75)99-89(74)82)98-85-53-64(67-48-71(93(7,8)9)56-72(49-67)94(10,11)12)40-44-79(85)95-78-43-39-63(59-27-17-13-18-28-59)52-84(78)96(86-54-68(55-87(98)88(86)95)62-33-23-16-24-34-62)73-50-65(60-29-19-14-20-30-60)47-66(51-73)61-31-21-15-22-32-61/h13-58H,1-12H3/i13D,16D,17D,18D,23D,24D,27D,28D,33D,34D. The van der Waals surface area contributed by atoms with Crippen LogP contribution in [0.3, 0.4) is 0 Å². The highest BCUT2D eigenvalue weighted by molar-refractivity contribution is 7.00. The number of nitrogens with zero attached hydrogens (tertiary/aromatic N) is 3. The molecule has 2 aliphatic rings. The van der Waals surface area contributed by atoms with Crippen LogP contribution in [-0.4, -0.2) is 11.3 Å². The SMILES string of the molecule is [2H]c1c([2H])c([2H])c(-c2ccc3c(c2)N(c2cc(-c4ccccc4)cc(-c4ccccc4)c2)c2cc(-c4c([2H])c([2H])c([2H])c([2H])c4[2H])cc4c2B3c2ccc(-c3cc(C(C)(C)C)cc(C(C)(C)C)c3)cc2N4c2cccc3c2oc2c(-n4c5ccc(C(C)(C)C)cc5c5cc(C(C)(C)C)ccc54)cccc23)c([2H])c1[2H]. The maximum Gasteiger partial charge on any atom is 0.252 e. The second-order valence-corrected chi connectivity index (χ2v) is 31.1. The highest BCUT2D eigenvalue weighted by atomic mass is 16.3. The number of hydrogen-bond donors (Lipinski definition) is 0. The summed E-state index contributed by atoms with van der Waals surface area (Å²) in [4.78, 5) is 4.44. The van der Waals surface area contributed by atoms with Crippen LogP contribution in [-0.2, 0) is 21.7 Å². The topological polar surface area (TPSA) is 24.6 Å². The van der Waals surface area contributed by atoms with Gasteiger partial charge in [0.1, 0.15) is 0 Å². The zero-order valence-corrected chi connectivity index (χ0v) is 58.1. The second-order valence-electron chi connectivity index (χ2n) is 31.1. The van der Waals surface area contributed by atoms with Crippen molar-refractivity contribution in [3.05, 3.63) is 301 Å². The van der Waals surface area contributed by atoms with Gasteiger partial charge < -0.3 is 18.8 Å². The Morgan fingerprint density at radius 2 is 0.717 bits per heavy atom. The average molecular weight is 1290 g/mol. The van der Waals surface area contributed by atoms with E-state index in [1.807, 2.05) is 66.7 Å². The van der Waals surface area contributed by atoms with Gasteiger partial charge in [-0.2, -0.15) is 0 Å². The number of hydrogen-bond acceptors (Lipinski definition) is 3. The van der Waals surface area contributed by atoms with Gasteiger partial charge in [-0.15, -0.1) is 0 Å². The van der Waals surface area contributed by atoms with E-state index in [0.717, 1.165) is 93.7 Å². The Kier molecular flexibility index (Phi) is 11.9. The molecule has 13 aromatic carbocycles. The fraction of sp³-hybridized carbons (Fsp3) is 0.170. The zero-order valence-electron chi connectivity index (χ0n) is 68.1. The lowest BCUT2D eigenvalue weighted by Gasteiger charge is -2.44. The van der Waals surface area contributed by atoms with Crippen LogP contribution >= 0.6 is 0 Å². The van der Waals surface area contributed by atoms with Gasteiger partial charge in [-0.05, 0) is 195 Å². The molecule has 4 heterocycles. The molecule has 17 rings (SSSR count). The summed E-state index contributed by atoms with van der Waals surface area (Å²) in [5, 5.41) is 4.06. The Morgan fingerprint density at radius 3 is 1.22 bits per heavy atom. The Hall–Kier alpha value is -10.9. The lowest BCUT2D eigenvalue weighted by molar-refractivity contribution is 0.569. The highest BCUT2D eigenvalue weighted by Crippen LogP contribution is 2.52. The van der Waals surface area contributed by atoms with E-state index in [1.165, 1.54) is 22.3 Å². The van der Waals surface area contributed by atoms with Gasteiger partial charge in [0.2, 0.25) is 0 Å². The molecule has 0 unspecified atom stereocenters. The molecule has 2 aliphatic heterocycles. The molecule has 0 saturated carbocycles. The van der Waals surface area contributed by atoms with E-state index >= 15 is 0 Å². The van der Waals surface area contributed by atoms with Crippen molar-refractivity contribution in [2.24, 2.45) is 0 Å². The Labute approximate surface area is 597 Å². The fourth-order valence-electron chi connectivity index (χ4n) is 15.1. The normalized spacial score (nSPS) is 14.6. The smallest absolute Gasteiger partial charge is 0.252 e. The van der Waals surface area contributed by atoms with Crippen LogP contribution in [0.15, 0.2) is 283 Å². The molecule has 0 atom stereocenters. The second kappa shape index (κ2) is 22.9. The van der Waals surface area contributed by atoms with Crippen LogP contribution in [0.5, 0.6) is 0 Å². The van der Waals surface area contributed by atoms with Crippen molar-refractivity contribution in [2.75, 3.05) is 9.80 Å². The summed E-state index contributed by atoms with van der Waals surface area (Å²) in [5.74, 6) is 0. The molecule has 0 aliphatic carbocycles. The van der Waals surface area contributed by atoms with E-state index in [4.69, 9.17) is 9.90 Å². The summed E-state index contributed by atoms with van der Waals surface area (Å²) in [6, 6.07) is 72.3. The molecule has 0 radical (unpaired) electrons. The number of aromatic nitrogens is 1. The number of rotatable bonds is 8. The molecule has 5 heteroatoms. The average Bonchev–Trinajstić information content (AvgIpc) is 1.61. The van der Waals surface area contributed by atoms with E-state index in [-0.39, 0.29) is 57.0 Å².